The number of aromatic amines is 1. The van der Waals surface area contributed by atoms with E-state index in [1.165, 1.54) is 12.5 Å². The number of rotatable bonds is 19. The van der Waals surface area contributed by atoms with Gasteiger partial charge in [-0.15, -0.1) is 0 Å². The van der Waals surface area contributed by atoms with Crippen LogP contribution in [0.4, 0.5) is 0 Å². The van der Waals surface area contributed by atoms with Crippen LogP contribution in [0.5, 0.6) is 0 Å². The first-order chi connectivity index (χ1) is 21.7. The van der Waals surface area contributed by atoms with Crippen molar-refractivity contribution in [3.05, 3.63) is 18.2 Å². The van der Waals surface area contributed by atoms with E-state index in [9.17, 15) is 48.9 Å². The topological polar surface area (TPSA) is 339 Å². The Morgan fingerprint density at radius 3 is 2.20 bits per heavy atom. The van der Waals surface area contributed by atoms with Gasteiger partial charge in [0.25, 0.3) is 0 Å². The van der Waals surface area contributed by atoms with Crippen molar-refractivity contribution >= 4 is 47.5 Å². The SMILES string of the molecule is NC(N)=NCCC[C@H](N)C(=O)N[C@@H](CCC(=O)O)C(=O)N[C@@H](Cc1cnc[nH]1)C(=O)N[C@@H](CC(=O)O)C(=O)N1CCC[C@H]1C(=O)O. The number of guanidine groups is 1. The van der Waals surface area contributed by atoms with Gasteiger partial charge >= 0.3 is 17.9 Å². The van der Waals surface area contributed by atoms with Crippen LogP contribution in [0, 0.1) is 0 Å². The van der Waals surface area contributed by atoms with Crippen LogP contribution in [-0.4, -0.2) is 121 Å². The molecule has 1 fully saturated rings. The second-order valence-corrected chi connectivity index (χ2v) is 10.6. The molecule has 1 aromatic rings. The van der Waals surface area contributed by atoms with Crippen molar-refractivity contribution in [2.24, 2.45) is 22.2 Å². The van der Waals surface area contributed by atoms with E-state index >= 15 is 0 Å². The van der Waals surface area contributed by atoms with Crippen LogP contribution < -0.4 is 33.2 Å². The van der Waals surface area contributed by atoms with Gasteiger partial charge in [0.15, 0.2) is 5.96 Å². The smallest absolute Gasteiger partial charge is 0.326 e. The van der Waals surface area contributed by atoms with Crippen molar-refractivity contribution in [2.45, 2.75) is 81.6 Å². The van der Waals surface area contributed by atoms with E-state index in [4.69, 9.17) is 17.2 Å². The van der Waals surface area contributed by atoms with E-state index in [1.54, 1.807) is 0 Å². The summed E-state index contributed by atoms with van der Waals surface area (Å²) in [6.45, 7) is 0.230. The van der Waals surface area contributed by atoms with Crippen molar-refractivity contribution in [1.29, 1.82) is 0 Å². The standard InChI is InChI=1S/C26H40N10O10/c27-14(3-1-7-31-26(28)29)21(41)33-15(5-6-19(37)38)22(42)34-16(9-13-11-30-12-32-13)23(43)35-17(10-20(39)40)24(44)36-8-2-4-18(36)25(45)46/h11-12,14-18H,1-10,27H2,(H,30,32)(H,33,41)(H,34,42)(H,35,43)(H,37,38)(H,39,40)(H,45,46)(H4,28,29,31)/t14-,15-,16-,17-,18-/m0/s1. The molecule has 0 radical (unpaired) electrons. The largest absolute Gasteiger partial charge is 0.481 e. The van der Waals surface area contributed by atoms with Crippen LogP contribution in [0.1, 0.15) is 50.6 Å². The molecular formula is C26H40N10O10. The lowest BCUT2D eigenvalue weighted by atomic mass is 10.1. The Kier molecular flexibility index (Phi) is 14.4. The average Bonchev–Trinajstić information content (AvgIpc) is 3.68. The highest BCUT2D eigenvalue weighted by atomic mass is 16.4. The normalized spacial score (nSPS) is 16.7. The molecule has 46 heavy (non-hydrogen) atoms. The maximum atomic E-state index is 13.5. The molecule has 1 aromatic heterocycles. The van der Waals surface area contributed by atoms with Crippen molar-refractivity contribution < 1.29 is 48.9 Å². The number of carboxylic acid groups (broad SMARTS) is 3. The summed E-state index contributed by atoms with van der Waals surface area (Å²) < 4.78 is 0. The molecule has 1 saturated heterocycles. The molecular weight excluding hydrogens is 612 g/mol. The molecule has 0 saturated carbocycles. The summed E-state index contributed by atoms with van der Waals surface area (Å²) in [5, 5.41) is 35.2. The lowest BCUT2D eigenvalue weighted by Gasteiger charge is -2.28. The fourth-order valence-corrected chi connectivity index (χ4v) is 4.70. The van der Waals surface area contributed by atoms with E-state index in [1.807, 2.05) is 0 Å². The summed E-state index contributed by atoms with van der Waals surface area (Å²) in [4.78, 5) is 98.6. The number of aliphatic imine (C=N–C) groups is 1. The zero-order chi connectivity index (χ0) is 34.4. The van der Waals surface area contributed by atoms with Gasteiger partial charge in [0, 0.05) is 37.8 Å². The maximum Gasteiger partial charge on any atom is 0.326 e. The molecule has 1 aliphatic heterocycles. The van der Waals surface area contributed by atoms with Gasteiger partial charge in [-0.3, -0.25) is 33.8 Å². The zero-order valence-electron chi connectivity index (χ0n) is 24.9. The number of aromatic nitrogens is 2. The number of carbonyl (C=O) groups is 7. The number of imidazole rings is 1. The van der Waals surface area contributed by atoms with Gasteiger partial charge in [0.05, 0.1) is 18.8 Å². The van der Waals surface area contributed by atoms with Gasteiger partial charge in [0.1, 0.15) is 24.2 Å². The highest BCUT2D eigenvalue weighted by Crippen LogP contribution is 2.19. The molecule has 254 valence electrons. The van der Waals surface area contributed by atoms with Crippen LogP contribution in [0.25, 0.3) is 0 Å². The number of amides is 4. The quantitative estimate of drug-likeness (QED) is 0.0389. The minimum Gasteiger partial charge on any atom is -0.481 e. The molecule has 5 atom stereocenters. The molecule has 13 N–H and O–H groups in total. The minimum absolute atomic E-state index is 0.0392. The molecule has 0 aromatic carbocycles. The average molecular weight is 653 g/mol. The molecule has 1 aliphatic rings. The van der Waals surface area contributed by atoms with E-state index in [2.05, 4.69) is 30.9 Å². The summed E-state index contributed by atoms with van der Waals surface area (Å²) in [6, 6.07) is -6.92. The number of hydrogen-bond acceptors (Lipinski definition) is 10. The maximum absolute atomic E-state index is 13.5. The number of H-pyrrole nitrogens is 1. The lowest BCUT2D eigenvalue weighted by molar-refractivity contribution is -0.150. The number of carbonyl (C=O) groups excluding carboxylic acids is 4. The number of nitrogens with one attached hydrogen (secondary N) is 4. The van der Waals surface area contributed by atoms with Crippen LogP contribution in [-0.2, 0) is 40.0 Å². The molecule has 0 spiro atoms. The minimum atomic E-state index is -1.68. The third-order valence-corrected chi connectivity index (χ3v) is 7.01. The van der Waals surface area contributed by atoms with Crippen LogP contribution in [0.3, 0.4) is 0 Å². The second kappa shape index (κ2) is 17.9. The number of hydrogen-bond donors (Lipinski definition) is 10. The van der Waals surface area contributed by atoms with Crippen molar-refractivity contribution in [2.75, 3.05) is 13.1 Å². The Hall–Kier alpha value is -5.27. The van der Waals surface area contributed by atoms with Gasteiger partial charge in [-0.1, -0.05) is 0 Å². The third-order valence-electron chi connectivity index (χ3n) is 7.01. The molecule has 2 heterocycles. The van der Waals surface area contributed by atoms with Gasteiger partial charge in [-0.25, -0.2) is 9.78 Å². The van der Waals surface area contributed by atoms with Crippen molar-refractivity contribution in [3.63, 3.8) is 0 Å². The summed E-state index contributed by atoms with van der Waals surface area (Å²) in [5.74, 6) is -7.82. The fourth-order valence-electron chi connectivity index (χ4n) is 4.70. The molecule has 0 aliphatic carbocycles. The Morgan fingerprint density at radius 2 is 1.61 bits per heavy atom. The third kappa shape index (κ3) is 12.0. The van der Waals surface area contributed by atoms with Crippen molar-refractivity contribution in [3.8, 4) is 0 Å². The fraction of sp³-hybridized carbons (Fsp3) is 0.577. The van der Waals surface area contributed by atoms with Gasteiger partial charge < -0.3 is 58.4 Å². The first-order valence-electron chi connectivity index (χ1n) is 14.4. The number of aliphatic carboxylic acids is 3. The summed E-state index contributed by atoms with van der Waals surface area (Å²) in [6.07, 6.45) is 1.57. The molecule has 0 bridgehead atoms. The predicted octanol–water partition coefficient (Wildman–Crippen LogP) is -3.80. The summed E-state index contributed by atoms with van der Waals surface area (Å²) in [7, 11) is 0. The summed E-state index contributed by atoms with van der Waals surface area (Å²) in [5.41, 5.74) is 16.8. The van der Waals surface area contributed by atoms with E-state index in [0.29, 0.717) is 18.5 Å². The Bertz CT molecular complexity index is 1280. The highest BCUT2D eigenvalue weighted by molar-refractivity contribution is 5.97. The summed E-state index contributed by atoms with van der Waals surface area (Å²) >= 11 is 0. The zero-order valence-corrected chi connectivity index (χ0v) is 24.9. The second-order valence-electron chi connectivity index (χ2n) is 10.6. The molecule has 4 amide bonds. The number of carboxylic acids is 3. The Balaban J connectivity index is 2.25. The number of nitrogens with two attached hydrogens (primary N) is 3. The number of likely N-dealkylation sites (tertiary alicyclic amines) is 1. The lowest BCUT2D eigenvalue weighted by Crippen LogP contribution is -2.59. The van der Waals surface area contributed by atoms with Crippen molar-refractivity contribution in [1.82, 2.24) is 30.8 Å². The van der Waals surface area contributed by atoms with Gasteiger partial charge in [-0.2, -0.15) is 0 Å². The van der Waals surface area contributed by atoms with Crippen LogP contribution in [0.15, 0.2) is 17.5 Å². The first kappa shape index (κ1) is 36.9. The number of nitrogens with zero attached hydrogens (tertiary/aromatic N) is 3. The molecule has 20 heteroatoms. The Morgan fingerprint density at radius 1 is 0.957 bits per heavy atom. The molecule has 20 nitrogen and oxygen atoms in total. The monoisotopic (exact) mass is 652 g/mol. The van der Waals surface area contributed by atoms with E-state index < -0.39 is 84.6 Å². The highest BCUT2D eigenvalue weighted by Gasteiger charge is 2.39. The first-order valence-corrected chi connectivity index (χ1v) is 14.4. The predicted molar refractivity (Wildman–Crippen MR) is 157 cm³/mol. The van der Waals surface area contributed by atoms with E-state index in [-0.39, 0.29) is 44.7 Å². The van der Waals surface area contributed by atoms with E-state index in [0.717, 1.165) is 4.90 Å². The molecule has 0 unspecified atom stereocenters. The Labute approximate surface area is 262 Å². The van der Waals surface area contributed by atoms with Gasteiger partial charge in [-0.05, 0) is 32.1 Å². The van der Waals surface area contributed by atoms with Crippen LogP contribution in [0.2, 0.25) is 0 Å². The molecule has 2 rings (SSSR count). The van der Waals surface area contributed by atoms with Gasteiger partial charge in [0.2, 0.25) is 23.6 Å². The van der Waals surface area contributed by atoms with Crippen LogP contribution >= 0.6 is 0 Å².